The normalized spacial score (nSPS) is 15.3. The number of unbranched alkanes of at least 4 members (excludes halogenated alkanes) is 7. The van der Waals surface area contributed by atoms with E-state index in [9.17, 15) is 5.11 Å². The van der Waals surface area contributed by atoms with Crippen LogP contribution in [0.4, 0.5) is 0 Å². The fraction of sp³-hybridized carbons (Fsp3) is 0.857. The molecule has 0 aliphatic carbocycles. The van der Waals surface area contributed by atoms with Crippen molar-refractivity contribution in [1.29, 1.82) is 0 Å². The SMILES string of the molecule is CCCCCCCCC/C=C/[C@@H](O)[C@@H](N)CO. The predicted octanol–water partition coefficient (Wildman–Crippen LogP) is 2.36. The zero-order chi connectivity index (χ0) is 12.9. The Balaban J connectivity index is 3.30. The van der Waals surface area contributed by atoms with Gasteiger partial charge < -0.3 is 15.9 Å². The van der Waals surface area contributed by atoms with E-state index in [0.29, 0.717) is 0 Å². The van der Waals surface area contributed by atoms with Crippen LogP contribution in [0.1, 0.15) is 58.3 Å². The zero-order valence-electron chi connectivity index (χ0n) is 11.1. The number of hydrogen-bond donors (Lipinski definition) is 3. The van der Waals surface area contributed by atoms with Crippen molar-refractivity contribution in [2.45, 2.75) is 70.4 Å². The minimum atomic E-state index is -0.718. The van der Waals surface area contributed by atoms with E-state index in [1.54, 1.807) is 6.08 Å². The number of hydrogen-bond acceptors (Lipinski definition) is 3. The van der Waals surface area contributed by atoms with Gasteiger partial charge in [-0.1, -0.05) is 57.6 Å². The molecule has 0 aromatic heterocycles. The first kappa shape index (κ1) is 16.6. The maximum Gasteiger partial charge on any atom is 0.0894 e. The van der Waals surface area contributed by atoms with Crippen molar-refractivity contribution < 1.29 is 10.2 Å². The molecule has 0 bridgehead atoms. The fourth-order valence-electron chi connectivity index (χ4n) is 1.71. The standard InChI is InChI=1S/C14H29NO2/c1-2-3-4-5-6-7-8-9-10-11-14(17)13(15)12-16/h10-11,13-14,16-17H,2-9,12,15H2,1H3/b11-10+/t13-,14+/m0/s1. The molecular weight excluding hydrogens is 214 g/mol. The average Bonchev–Trinajstić information content (AvgIpc) is 2.35. The van der Waals surface area contributed by atoms with E-state index in [-0.39, 0.29) is 6.61 Å². The summed E-state index contributed by atoms with van der Waals surface area (Å²) in [6.07, 6.45) is 13.0. The summed E-state index contributed by atoms with van der Waals surface area (Å²) in [6, 6.07) is -0.555. The van der Waals surface area contributed by atoms with E-state index >= 15 is 0 Å². The molecule has 3 nitrogen and oxygen atoms in total. The maximum absolute atomic E-state index is 9.45. The third-order valence-electron chi connectivity index (χ3n) is 2.96. The van der Waals surface area contributed by atoms with Crippen molar-refractivity contribution in [3.05, 3.63) is 12.2 Å². The summed E-state index contributed by atoms with van der Waals surface area (Å²) in [5, 5.41) is 18.2. The number of rotatable bonds is 11. The van der Waals surface area contributed by atoms with Crippen molar-refractivity contribution in [3.63, 3.8) is 0 Å². The number of aliphatic hydroxyl groups is 2. The van der Waals surface area contributed by atoms with Gasteiger partial charge in [0.2, 0.25) is 0 Å². The summed E-state index contributed by atoms with van der Waals surface area (Å²) in [5.41, 5.74) is 5.47. The van der Waals surface area contributed by atoms with Crippen LogP contribution < -0.4 is 5.73 Å². The van der Waals surface area contributed by atoms with Crippen LogP contribution in [-0.2, 0) is 0 Å². The Kier molecular flexibility index (Phi) is 11.8. The molecule has 2 atom stereocenters. The highest BCUT2D eigenvalue weighted by molar-refractivity contribution is 4.93. The summed E-state index contributed by atoms with van der Waals surface area (Å²) in [7, 11) is 0. The van der Waals surface area contributed by atoms with Gasteiger partial charge in [-0.3, -0.25) is 0 Å². The molecule has 0 saturated carbocycles. The molecule has 0 saturated heterocycles. The summed E-state index contributed by atoms with van der Waals surface area (Å²) in [6.45, 7) is 2.05. The third-order valence-corrected chi connectivity index (χ3v) is 2.96. The van der Waals surface area contributed by atoms with Gasteiger partial charge in [0.1, 0.15) is 0 Å². The molecule has 0 aromatic carbocycles. The number of allylic oxidation sites excluding steroid dienone is 1. The van der Waals surface area contributed by atoms with Crippen LogP contribution in [0.5, 0.6) is 0 Å². The van der Waals surface area contributed by atoms with Gasteiger partial charge in [-0.05, 0) is 12.8 Å². The molecule has 0 amide bonds. The topological polar surface area (TPSA) is 66.5 Å². The van der Waals surface area contributed by atoms with Gasteiger partial charge in [0.05, 0.1) is 18.8 Å². The van der Waals surface area contributed by atoms with E-state index in [4.69, 9.17) is 10.8 Å². The Morgan fingerprint density at radius 1 is 1.06 bits per heavy atom. The van der Waals surface area contributed by atoms with Crippen molar-refractivity contribution in [3.8, 4) is 0 Å². The van der Waals surface area contributed by atoms with Crippen LogP contribution in [0.25, 0.3) is 0 Å². The van der Waals surface area contributed by atoms with Gasteiger partial charge in [-0.25, -0.2) is 0 Å². The van der Waals surface area contributed by atoms with Crippen LogP contribution in [0, 0.1) is 0 Å². The highest BCUT2D eigenvalue weighted by atomic mass is 16.3. The Hall–Kier alpha value is -0.380. The van der Waals surface area contributed by atoms with E-state index in [1.807, 2.05) is 6.08 Å². The Bertz CT molecular complexity index is 183. The molecule has 4 N–H and O–H groups in total. The summed E-state index contributed by atoms with van der Waals surface area (Å²) in [5.74, 6) is 0. The second kappa shape index (κ2) is 12.1. The monoisotopic (exact) mass is 243 g/mol. The lowest BCUT2D eigenvalue weighted by atomic mass is 10.1. The second-order valence-corrected chi connectivity index (χ2v) is 4.68. The molecule has 0 heterocycles. The number of aliphatic hydroxyl groups excluding tert-OH is 2. The lowest BCUT2D eigenvalue weighted by Crippen LogP contribution is -2.36. The van der Waals surface area contributed by atoms with Crippen LogP contribution in [0.3, 0.4) is 0 Å². The quantitative estimate of drug-likeness (QED) is 0.385. The van der Waals surface area contributed by atoms with Crippen LogP contribution in [-0.4, -0.2) is 29.0 Å². The molecule has 3 heteroatoms. The van der Waals surface area contributed by atoms with Crippen LogP contribution in [0.2, 0.25) is 0 Å². The van der Waals surface area contributed by atoms with E-state index in [0.717, 1.165) is 6.42 Å². The van der Waals surface area contributed by atoms with Gasteiger partial charge >= 0.3 is 0 Å². The smallest absolute Gasteiger partial charge is 0.0894 e. The zero-order valence-corrected chi connectivity index (χ0v) is 11.1. The van der Waals surface area contributed by atoms with E-state index < -0.39 is 12.1 Å². The van der Waals surface area contributed by atoms with Gasteiger partial charge in [0, 0.05) is 0 Å². The highest BCUT2D eigenvalue weighted by Gasteiger charge is 2.08. The molecule has 0 unspecified atom stereocenters. The molecular formula is C14H29NO2. The molecule has 0 aliphatic rings. The minimum Gasteiger partial charge on any atom is -0.395 e. The molecule has 0 aliphatic heterocycles. The van der Waals surface area contributed by atoms with E-state index in [2.05, 4.69) is 6.92 Å². The minimum absolute atomic E-state index is 0.178. The first-order chi connectivity index (χ1) is 8.22. The Morgan fingerprint density at radius 3 is 2.24 bits per heavy atom. The first-order valence-electron chi connectivity index (χ1n) is 6.93. The fourth-order valence-corrected chi connectivity index (χ4v) is 1.71. The average molecular weight is 243 g/mol. The van der Waals surface area contributed by atoms with E-state index in [1.165, 1.54) is 44.9 Å². The third kappa shape index (κ3) is 10.5. The molecule has 17 heavy (non-hydrogen) atoms. The largest absolute Gasteiger partial charge is 0.395 e. The summed E-state index contributed by atoms with van der Waals surface area (Å²) < 4.78 is 0. The predicted molar refractivity (Wildman–Crippen MR) is 72.8 cm³/mol. The molecule has 0 fully saturated rings. The molecule has 102 valence electrons. The Labute approximate surface area is 106 Å². The second-order valence-electron chi connectivity index (χ2n) is 4.68. The lowest BCUT2D eigenvalue weighted by Gasteiger charge is -2.11. The highest BCUT2D eigenvalue weighted by Crippen LogP contribution is 2.08. The van der Waals surface area contributed by atoms with Gasteiger partial charge in [-0.2, -0.15) is 0 Å². The molecule has 0 radical (unpaired) electrons. The maximum atomic E-state index is 9.45. The van der Waals surface area contributed by atoms with Crippen molar-refractivity contribution in [2.24, 2.45) is 5.73 Å². The van der Waals surface area contributed by atoms with Crippen LogP contribution in [0.15, 0.2) is 12.2 Å². The summed E-state index contributed by atoms with van der Waals surface area (Å²) >= 11 is 0. The molecule has 0 spiro atoms. The lowest BCUT2D eigenvalue weighted by molar-refractivity contribution is 0.144. The van der Waals surface area contributed by atoms with Crippen molar-refractivity contribution in [1.82, 2.24) is 0 Å². The van der Waals surface area contributed by atoms with Gasteiger partial charge in [-0.15, -0.1) is 0 Å². The van der Waals surface area contributed by atoms with Gasteiger partial charge in [0.25, 0.3) is 0 Å². The van der Waals surface area contributed by atoms with Crippen molar-refractivity contribution in [2.75, 3.05) is 6.61 Å². The summed E-state index contributed by atoms with van der Waals surface area (Å²) in [4.78, 5) is 0. The van der Waals surface area contributed by atoms with Crippen molar-refractivity contribution >= 4 is 0 Å². The Morgan fingerprint density at radius 2 is 1.65 bits per heavy atom. The van der Waals surface area contributed by atoms with Gasteiger partial charge in [0.15, 0.2) is 0 Å². The number of nitrogens with two attached hydrogens (primary N) is 1. The molecule has 0 rings (SSSR count). The molecule has 0 aromatic rings. The van der Waals surface area contributed by atoms with Crippen LogP contribution >= 0.6 is 0 Å². The first-order valence-corrected chi connectivity index (χ1v) is 6.93.